The maximum Gasteiger partial charge on any atom is 0.264 e. The molecule has 4 nitrogen and oxygen atoms in total. The number of hydrogen-bond acceptors (Lipinski definition) is 3. The van der Waals surface area contributed by atoms with Crippen LogP contribution in [0.2, 0.25) is 5.02 Å². The van der Waals surface area contributed by atoms with Crippen LogP contribution in [0, 0.1) is 12.7 Å². The van der Waals surface area contributed by atoms with Crippen LogP contribution < -0.4 is 4.72 Å². The molecule has 0 unspecified atom stereocenters. The Morgan fingerprint density at radius 3 is 2.65 bits per heavy atom. The number of sulfonamides is 1. The number of aromatic nitrogens is 1. The standard InChI is InChI=1S/C12H9BrClFN2O2S/c1-7-8(13)6-10(15)12(16-7)17-20(18,19)11-5-3-2-4-9(11)14/h2-6H,1H3,(H,16,17). The van der Waals surface area contributed by atoms with Crippen LogP contribution in [0.5, 0.6) is 0 Å². The van der Waals surface area contributed by atoms with Crippen molar-refractivity contribution < 1.29 is 12.8 Å². The van der Waals surface area contributed by atoms with Crippen molar-refractivity contribution in [2.45, 2.75) is 11.8 Å². The van der Waals surface area contributed by atoms with E-state index in [9.17, 15) is 12.8 Å². The molecule has 1 aromatic carbocycles. The van der Waals surface area contributed by atoms with Gasteiger partial charge in [0.15, 0.2) is 11.6 Å². The van der Waals surface area contributed by atoms with E-state index in [2.05, 4.69) is 25.6 Å². The SMILES string of the molecule is Cc1nc(NS(=O)(=O)c2ccccc2Cl)c(F)cc1Br. The molecule has 0 atom stereocenters. The third kappa shape index (κ3) is 3.11. The molecule has 1 heterocycles. The highest BCUT2D eigenvalue weighted by atomic mass is 79.9. The van der Waals surface area contributed by atoms with Gasteiger partial charge in [-0.2, -0.15) is 0 Å². The average Bonchev–Trinajstić information content (AvgIpc) is 2.36. The number of aryl methyl sites for hydroxylation is 1. The Labute approximate surface area is 129 Å². The van der Waals surface area contributed by atoms with Gasteiger partial charge in [0.1, 0.15) is 4.90 Å². The van der Waals surface area contributed by atoms with Gasteiger partial charge in [-0.05, 0) is 41.1 Å². The normalized spacial score (nSPS) is 11.4. The number of nitrogens with one attached hydrogen (secondary N) is 1. The first-order valence-electron chi connectivity index (χ1n) is 5.41. The lowest BCUT2D eigenvalue weighted by Gasteiger charge is -2.10. The summed E-state index contributed by atoms with van der Waals surface area (Å²) in [5.41, 5.74) is 0.461. The highest BCUT2D eigenvalue weighted by molar-refractivity contribution is 9.10. The van der Waals surface area contributed by atoms with Crippen LogP contribution in [-0.4, -0.2) is 13.4 Å². The second-order valence-corrected chi connectivity index (χ2v) is 6.83. The van der Waals surface area contributed by atoms with E-state index in [4.69, 9.17) is 11.6 Å². The van der Waals surface area contributed by atoms with E-state index in [-0.39, 0.29) is 15.7 Å². The average molecular weight is 380 g/mol. The summed E-state index contributed by atoms with van der Waals surface area (Å²) >= 11 is 8.95. The fraction of sp³-hybridized carbons (Fsp3) is 0.0833. The quantitative estimate of drug-likeness (QED) is 0.883. The summed E-state index contributed by atoms with van der Waals surface area (Å²) in [6.07, 6.45) is 0. The van der Waals surface area contributed by atoms with Crippen LogP contribution in [0.3, 0.4) is 0 Å². The Balaban J connectivity index is 2.44. The number of nitrogens with zero attached hydrogens (tertiary/aromatic N) is 1. The van der Waals surface area contributed by atoms with Crippen molar-refractivity contribution in [1.29, 1.82) is 0 Å². The lowest BCUT2D eigenvalue weighted by molar-refractivity contribution is 0.597. The molecule has 0 bridgehead atoms. The Morgan fingerprint density at radius 2 is 2.00 bits per heavy atom. The maximum atomic E-state index is 13.7. The van der Waals surface area contributed by atoms with Gasteiger partial charge in [-0.25, -0.2) is 17.8 Å². The van der Waals surface area contributed by atoms with Crippen LogP contribution in [-0.2, 0) is 10.0 Å². The van der Waals surface area contributed by atoms with Gasteiger partial charge in [0, 0.05) is 4.47 Å². The predicted molar refractivity (Wildman–Crippen MR) is 78.9 cm³/mol. The van der Waals surface area contributed by atoms with Crippen molar-refractivity contribution in [2.75, 3.05) is 4.72 Å². The van der Waals surface area contributed by atoms with Crippen LogP contribution in [0.1, 0.15) is 5.69 Å². The summed E-state index contributed by atoms with van der Waals surface area (Å²) in [7, 11) is -4.00. The fourth-order valence-electron chi connectivity index (χ4n) is 1.48. The van der Waals surface area contributed by atoms with Gasteiger partial charge in [0.05, 0.1) is 10.7 Å². The number of hydrogen-bond donors (Lipinski definition) is 1. The molecule has 0 aliphatic rings. The van der Waals surface area contributed by atoms with Crippen molar-refractivity contribution in [1.82, 2.24) is 4.98 Å². The molecule has 0 aliphatic carbocycles. The van der Waals surface area contributed by atoms with Gasteiger partial charge in [0.2, 0.25) is 0 Å². The number of benzene rings is 1. The fourth-order valence-corrected chi connectivity index (χ4v) is 3.30. The molecule has 0 radical (unpaired) electrons. The molecule has 0 amide bonds. The minimum absolute atomic E-state index is 0.0502. The minimum atomic E-state index is -4.00. The van der Waals surface area contributed by atoms with Crippen molar-refractivity contribution in [2.24, 2.45) is 0 Å². The Hall–Kier alpha value is -1.18. The summed E-state index contributed by atoms with van der Waals surface area (Å²) in [6, 6.07) is 7.04. The van der Waals surface area contributed by atoms with Crippen LogP contribution in [0.15, 0.2) is 39.7 Å². The van der Waals surface area contributed by atoms with Gasteiger partial charge in [0.25, 0.3) is 10.0 Å². The molecule has 20 heavy (non-hydrogen) atoms. The van der Waals surface area contributed by atoms with Gasteiger partial charge >= 0.3 is 0 Å². The van der Waals surface area contributed by atoms with Crippen molar-refractivity contribution in [3.8, 4) is 0 Å². The van der Waals surface area contributed by atoms with Gasteiger partial charge in [-0.3, -0.25) is 4.72 Å². The van der Waals surface area contributed by atoms with E-state index in [0.717, 1.165) is 6.07 Å². The molecule has 0 aliphatic heterocycles. The molecule has 0 fully saturated rings. The number of anilines is 1. The molecule has 2 rings (SSSR count). The summed E-state index contributed by atoms with van der Waals surface area (Å²) in [5, 5.41) is 0.0502. The third-order valence-electron chi connectivity index (χ3n) is 2.46. The first kappa shape index (κ1) is 15.2. The largest absolute Gasteiger partial charge is 0.264 e. The van der Waals surface area contributed by atoms with Crippen molar-refractivity contribution in [3.05, 3.63) is 51.3 Å². The van der Waals surface area contributed by atoms with Crippen LogP contribution >= 0.6 is 27.5 Å². The monoisotopic (exact) mass is 378 g/mol. The second-order valence-electron chi connectivity index (χ2n) is 3.92. The zero-order chi connectivity index (χ0) is 14.9. The first-order valence-corrected chi connectivity index (χ1v) is 8.06. The zero-order valence-electron chi connectivity index (χ0n) is 10.2. The number of rotatable bonds is 3. The first-order chi connectivity index (χ1) is 9.31. The minimum Gasteiger partial charge on any atom is -0.261 e. The van der Waals surface area contributed by atoms with Crippen LogP contribution in [0.4, 0.5) is 10.2 Å². The molecule has 1 N–H and O–H groups in total. The Bertz CT molecular complexity index is 768. The van der Waals surface area contributed by atoms with Crippen LogP contribution in [0.25, 0.3) is 0 Å². The van der Waals surface area contributed by atoms with Crippen molar-refractivity contribution >= 4 is 43.4 Å². The molecular formula is C12H9BrClFN2O2S. The zero-order valence-corrected chi connectivity index (χ0v) is 13.4. The number of pyridine rings is 1. The second kappa shape index (κ2) is 5.67. The topological polar surface area (TPSA) is 59.1 Å². The lowest BCUT2D eigenvalue weighted by Crippen LogP contribution is -2.16. The highest BCUT2D eigenvalue weighted by Crippen LogP contribution is 2.25. The maximum absolute atomic E-state index is 13.7. The molecule has 0 saturated heterocycles. The molecular weight excluding hydrogens is 371 g/mol. The van der Waals surface area contributed by atoms with E-state index >= 15 is 0 Å². The highest BCUT2D eigenvalue weighted by Gasteiger charge is 2.20. The molecule has 8 heteroatoms. The third-order valence-corrected chi connectivity index (χ3v) is 5.10. The number of halogens is 3. The summed E-state index contributed by atoms with van der Waals surface area (Å²) in [5.74, 6) is -1.15. The summed E-state index contributed by atoms with van der Waals surface area (Å²) < 4.78 is 40.6. The predicted octanol–water partition coefficient (Wildman–Crippen LogP) is 3.75. The Morgan fingerprint density at radius 1 is 1.35 bits per heavy atom. The van der Waals surface area contributed by atoms with Crippen molar-refractivity contribution in [3.63, 3.8) is 0 Å². The van der Waals surface area contributed by atoms with E-state index in [1.165, 1.54) is 18.2 Å². The summed E-state index contributed by atoms with van der Waals surface area (Å²) in [4.78, 5) is 3.72. The van der Waals surface area contributed by atoms with Gasteiger partial charge < -0.3 is 0 Å². The molecule has 0 spiro atoms. The van der Waals surface area contributed by atoms with Gasteiger partial charge in [-0.1, -0.05) is 23.7 Å². The molecule has 1 aromatic heterocycles. The summed E-state index contributed by atoms with van der Waals surface area (Å²) in [6.45, 7) is 1.62. The van der Waals surface area contributed by atoms with E-state index in [1.807, 2.05) is 0 Å². The van der Waals surface area contributed by atoms with E-state index in [1.54, 1.807) is 13.0 Å². The Kier molecular flexibility index (Phi) is 4.31. The molecule has 106 valence electrons. The van der Waals surface area contributed by atoms with Gasteiger partial charge in [-0.15, -0.1) is 0 Å². The molecule has 0 saturated carbocycles. The van der Waals surface area contributed by atoms with E-state index < -0.39 is 15.8 Å². The smallest absolute Gasteiger partial charge is 0.261 e. The molecule has 2 aromatic rings. The lowest BCUT2D eigenvalue weighted by atomic mass is 10.3. The van der Waals surface area contributed by atoms with E-state index in [0.29, 0.717) is 10.2 Å².